The molecule has 0 aromatic rings. The molecule has 71 valence electrons. The van der Waals surface area contributed by atoms with Crippen molar-refractivity contribution in [2.75, 3.05) is 0 Å². The summed E-state index contributed by atoms with van der Waals surface area (Å²) in [4.78, 5) is 0. The molecule has 1 aliphatic carbocycles. The van der Waals surface area contributed by atoms with E-state index < -0.39 is 0 Å². The average molecular weight is 167 g/mol. The van der Waals surface area contributed by atoms with Gasteiger partial charge in [0.1, 0.15) is 0 Å². The second-order valence-corrected chi connectivity index (χ2v) is 4.59. The molecule has 0 bridgehead atoms. The highest BCUT2D eigenvalue weighted by Gasteiger charge is 2.20. The van der Waals surface area contributed by atoms with Crippen molar-refractivity contribution in [3.05, 3.63) is 6.92 Å². The van der Waals surface area contributed by atoms with E-state index in [9.17, 15) is 0 Å². The van der Waals surface area contributed by atoms with Crippen molar-refractivity contribution in [3.8, 4) is 0 Å². The van der Waals surface area contributed by atoms with Crippen molar-refractivity contribution in [3.63, 3.8) is 0 Å². The van der Waals surface area contributed by atoms with Gasteiger partial charge in [-0.1, -0.05) is 59.3 Å². The third-order valence-corrected chi connectivity index (χ3v) is 3.54. The standard InChI is InChI=1S/C12H23/c1-10(2)11(3)12-8-6-4-5-7-9-12/h10-12H,1,4-9H2,2-3H3. The lowest BCUT2D eigenvalue weighted by Gasteiger charge is -2.25. The van der Waals surface area contributed by atoms with E-state index >= 15 is 0 Å². The van der Waals surface area contributed by atoms with Crippen LogP contribution >= 0.6 is 0 Å². The van der Waals surface area contributed by atoms with Crippen LogP contribution in [0.5, 0.6) is 0 Å². The summed E-state index contributed by atoms with van der Waals surface area (Å²) in [6.45, 7) is 8.79. The Morgan fingerprint density at radius 1 is 1.00 bits per heavy atom. The topological polar surface area (TPSA) is 0 Å². The summed E-state index contributed by atoms with van der Waals surface area (Å²) in [5.74, 6) is 2.44. The summed E-state index contributed by atoms with van der Waals surface area (Å²) in [5, 5.41) is 0. The van der Waals surface area contributed by atoms with Gasteiger partial charge in [-0.05, 0) is 17.8 Å². The minimum absolute atomic E-state index is 0.632. The Kier molecular flexibility index (Phi) is 4.11. The van der Waals surface area contributed by atoms with E-state index in [0.717, 1.165) is 11.8 Å². The summed E-state index contributed by atoms with van der Waals surface area (Å²) in [7, 11) is 0. The minimum atomic E-state index is 0.632. The molecule has 1 fully saturated rings. The third-order valence-electron chi connectivity index (χ3n) is 3.54. The molecular formula is C12H23. The maximum absolute atomic E-state index is 4.14. The van der Waals surface area contributed by atoms with Gasteiger partial charge in [0, 0.05) is 0 Å². The average Bonchev–Trinajstić information content (AvgIpc) is 2.30. The molecule has 0 spiro atoms. The van der Waals surface area contributed by atoms with Gasteiger partial charge in [0.05, 0.1) is 0 Å². The fourth-order valence-corrected chi connectivity index (χ4v) is 2.30. The first-order valence-electron chi connectivity index (χ1n) is 5.55. The smallest absolute Gasteiger partial charge is 0.0386 e. The molecule has 0 amide bonds. The molecule has 0 nitrogen and oxygen atoms in total. The summed E-state index contributed by atoms with van der Waals surface area (Å²) in [5.41, 5.74) is 0. The largest absolute Gasteiger partial charge is 0.0622 e. The Bertz CT molecular complexity index is 107. The minimum Gasteiger partial charge on any atom is -0.0622 e. The van der Waals surface area contributed by atoms with Crippen LogP contribution in [0.2, 0.25) is 0 Å². The van der Waals surface area contributed by atoms with Crippen molar-refractivity contribution in [2.45, 2.75) is 52.4 Å². The van der Waals surface area contributed by atoms with Crippen LogP contribution in [0.1, 0.15) is 52.4 Å². The summed E-state index contributed by atoms with van der Waals surface area (Å²) < 4.78 is 0. The first-order valence-corrected chi connectivity index (χ1v) is 5.55. The lowest BCUT2D eigenvalue weighted by molar-refractivity contribution is 0.267. The lowest BCUT2D eigenvalue weighted by atomic mass is 9.81. The van der Waals surface area contributed by atoms with Crippen molar-refractivity contribution < 1.29 is 0 Å². The second-order valence-electron chi connectivity index (χ2n) is 4.59. The summed E-state index contributed by atoms with van der Waals surface area (Å²) >= 11 is 0. The van der Waals surface area contributed by atoms with Gasteiger partial charge in [0.25, 0.3) is 0 Å². The fourth-order valence-electron chi connectivity index (χ4n) is 2.30. The quantitative estimate of drug-likeness (QED) is 0.544. The molecule has 1 radical (unpaired) electrons. The van der Waals surface area contributed by atoms with Crippen LogP contribution < -0.4 is 0 Å². The maximum Gasteiger partial charge on any atom is -0.0386 e. The Morgan fingerprint density at radius 2 is 1.50 bits per heavy atom. The van der Waals surface area contributed by atoms with Crippen LogP contribution in [0, 0.1) is 24.7 Å². The number of rotatable bonds is 2. The molecule has 0 aromatic heterocycles. The van der Waals surface area contributed by atoms with E-state index in [-0.39, 0.29) is 0 Å². The van der Waals surface area contributed by atoms with E-state index in [0.29, 0.717) is 5.92 Å². The second kappa shape index (κ2) is 4.89. The highest BCUT2D eigenvalue weighted by Crippen LogP contribution is 2.32. The van der Waals surface area contributed by atoms with Crippen molar-refractivity contribution in [2.24, 2.45) is 17.8 Å². The molecule has 0 aromatic carbocycles. The fraction of sp³-hybridized carbons (Fsp3) is 0.917. The van der Waals surface area contributed by atoms with Gasteiger partial charge in [-0.2, -0.15) is 0 Å². The van der Waals surface area contributed by atoms with E-state index in [1.54, 1.807) is 0 Å². The van der Waals surface area contributed by atoms with Crippen molar-refractivity contribution in [1.82, 2.24) is 0 Å². The predicted octanol–water partition coefficient (Wildman–Crippen LogP) is 4.06. The molecule has 1 aliphatic rings. The molecule has 0 aliphatic heterocycles. The molecule has 2 atom stereocenters. The van der Waals surface area contributed by atoms with E-state index in [1.807, 2.05) is 0 Å². The first kappa shape index (κ1) is 10.1. The van der Waals surface area contributed by atoms with Crippen LogP contribution in [0.25, 0.3) is 0 Å². The molecule has 12 heavy (non-hydrogen) atoms. The highest BCUT2D eigenvalue weighted by molar-refractivity contribution is 4.74. The summed E-state index contributed by atoms with van der Waals surface area (Å²) in [6.07, 6.45) is 8.77. The zero-order valence-corrected chi connectivity index (χ0v) is 8.68. The van der Waals surface area contributed by atoms with Gasteiger partial charge in [0.15, 0.2) is 0 Å². The Morgan fingerprint density at radius 3 is 1.92 bits per heavy atom. The maximum atomic E-state index is 4.14. The monoisotopic (exact) mass is 167 g/mol. The predicted molar refractivity (Wildman–Crippen MR) is 54.9 cm³/mol. The zero-order valence-electron chi connectivity index (χ0n) is 8.68. The molecule has 0 saturated heterocycles. The molecular weight excluding hydrogens is 144 g/mol. The van der Waals surface area contributed by atoms with Gasteiger partial charge in [-0.15, -0.1) is 0 Å². The van der Waals surface area contributed by atoms with Gasteiger partial charge in [-0.3, -0.25) is 0 Å². The van der Waals surface area contributed by atoms with Crippen LogP contribution in [-0.2, 0) is 0 Å². The Hall–Kier alpha value is 0. The number of hydrogen-bond acceptors (Lipinski definition) is 0. The highest BCUT2D eigenvalue weighted by atomic mass is 14.3. The van der Waals surface area contributed by atoms with Crippen LogP contribution in [-0.4, -0.2) is 0 Å². The molecule has 0 N–H and O–H groups in total. The van der Waals surface area contributed by atoms with Gasteiger partial charge in [-0.25, -0.2) is 0 Å². The zero-order chi connectivity index (χ0) is 8.97. The van der Waals surface area contributed by atoms with E-state index in [2.05, 4.69) is 20.8 Å². The molecule has 0 heteroatoms. The van der Waals surface area contributed by atoms with Crippen molar-refractivity contribution >= 4 is 0 Å². The SMILES string of the molecule is [CH2]C(C)C(C)C1CCCCCC1. The van der Waals surface area contributed by atoms with Gasteiger partial charge >= 0.3 is 0 Å². The van der Waals surface area contributed by atoms with Crippen LogP contribution in [0.3, 0.4) is 0 Å². The lowest BCUT2D eigenvalue weighted by Crippen LogP contribution is -2.16. The summed E-state index contributed by atoms with van der Waals surface area (Å²) in [6, 6.07) is 0. The third kappa shape index (κ3) is 2.80. The van der Waals surface area contributed by atoms with E-state index in [1.165, 1.54) is 38.5 Å². The van der Waals surface area contributed by atoms with Crippen molar-refractivity contribution in [1.29, 1.82) is 0 Å². The normalized spacial score (nSPS) is 24.0. The molecule has 1 rings (SSSR count). The van der Waals surface area contributed by atoms with Crippen LogP contribution in [0.15, 0.2) is 0 Å². The van der Waals surface area contributed by atoms with Gasteiger partial charge < -0.3 is 0 Å². The number of hydrogen-bond donors (Lipinski definition) is 0. The molecule has 0 heterocycles. The Labute approximate surface area is 77.7 Å². The molecule has 2 unspecified atom stereocenters. The van der Waals surface area contributed by atoms with E-state index in [4.69, 9.17) is 0 Å². The first-order chi connectivity index (χ1) is 5.72. The molecule has 1 saturated carbocycles. The van der Waals surface area contributed by atoms with Gasteiger partial charge in [0.2, 0.25) is 0 Å². The Balaban J connectivity index is 2.37. The van der Waals surface area contributed by atoms with Crippen LogP contribution in [0.4, 0.5) is 0 Å².